The van der Waals surface area contributed by atoms with Crippen LogP contribution in [0.1, 0.15) is 167 Å². The lowest BCUT2D eigenvalue weighted by molar-refractivity contribution is -0.142. The van der Waals surface area contributed by atoms with Crippen LogP contribution < -0.4 is 10.6 Å². The van der Waals surface area contributed by atoms with Gasteiger partial charge in [0.25, 0.3) is 0 Å². The monoisotopic (exact) mass is 568 g/mol. The number of hydrogen-bond acceptors (Lipinski definition) is 4. The fourth-order valence-corrected chi connectivity index (χ4v) is 4.89. The van der Waals surface area contributed by atoms with Gasteiger partial charge >= 0.3 is 11.9 Å². The molecule has 1 atom stereocenters. The van der Waals surface area contributed by atoms with E-state index in [0.717, 1.165) is 38.5 Å². The molecule has 234 valence electrons. The molecule has 0 aromatic carbocycles. The zero-order valence-corrected chi connectivity index (χ0v) is 25.5. The smallest absolute Gasteiger partial charge is 0.326 e. The van der Waals surface area contributed by atoms with E-state index >= 15 is 0 Å². The van der Waals surface area contributed by atoms with Crippen LogP contribution in [0.15, 0.2) is 0 Å². The van der Waals surface area contributed by atoms with Crippen molar-refractivity contribution in [1.82, 2.24) is 10.6 Å². The van der Waals surface area contributed by atoms with Gasteiger partial charge in [-0.2, -0.15) is 0 Å². The van der Waals surface area contributed by atoms with E-state index in [1.54, 1.807) is 0 Å². The molecule has 0 heterocycles. The normalized spacial score (nSPS) is 11.7. The van der Waals surface area contributed by atoms with Crippen molar-refractivity contribution in [3.63, 3.8) is 0 Å². The van der Waals surface area contributed by atoms with Gasteiger partial charge in [0, 0.05) is 25.8 Å². The lowest BCUT2D eigenvalue weighted by Crippen LogP contribution is -2.40. The van der Waals surface area contributed by atoms with Crippen molar-refractivity contribution in [1.29, 1.82) is 0 Å². The van der Waals surface area contributed by atoms with Crippen LogP contribution in [-0.2, 0) is 19.2 Å². The van der Waals surface area contributed by atoms with E-state index in [1.165, 1.54) is 70.6 Å². The molecule has 4 N–H and O–H groups in total. The van der Waals surface area contributed by atoms with Crippen molar-refractivity contribution in [3.05, 3.63) is 0 Å². The summed E-state index contributed by atoms with van der Waals surface area (Å²) in [4.78, 5) is 46.1. The number of aliphatic carboxylic acids is 2. The Morgan fingerprint density at radius 1 is 0.525 bits per heavy atom. The minimum absolute atomic E-state index is 0.0630. The van der Waals surface area contributed by atoms with Crippen molar-refractivity contribution in [2.45, 2.75) is 173 Å². The Balaban J connectivity index is 3.64. The van der Waals surface area contributed by atoms with Crippen LogP contribution in [0, 0.1) is 0 Å². The van der Waals surface area contributed by atoms with Crippen LogP contribution in [0.25, 0.3) is 0 Å². The first-order valence-corrected chi connectivity index (χ1v) is 16.4. The topological polar surface area (TPSA) is 133 Å². The van der Waals surface area contributed by atoms with Gasteiger partial charge in [-0.3, -0.25) is 14.4 Å². The number of carboxylic acids is 2. The summed E-state index contributed by atoms with van der Waals surface area (Å²) in [5.41, 5.74) is 0. The Kier molecular flexibility index (Phi) is 26.9. The standard InChI is InChI=1S/C32H60N2O6/c1-2-3-4-5-6-7-8-9-10-11-12-15-18-24-29(35)33-27-22-21-23-28(32(39)40)34-30(36)25-19-16-13-14-17-20-26-31(37)38/h28H,2-27H2,1H3,(H,33,35)(H,34,36)(H,37,38)(H,39,40). The summed E-state index contributed by atoms with van der Waals surface area (Å²) in [6.45, 7) is 2.79. The molecule has 0 fully saturated rings. The number of hydrogen-bond donors (Lipinski definition) is 4. The molecule has 0 saturated heterocycles. The van der Waals surface area contributed by atoms with E-state index in [9.17, 15) is 24.3 Å². The van der Waals surface area contributed by atoms with Gasteiger partial charge in [-0.15, -0.1) is 0 Å². The highest BCUT2D eigenvalue weighted by Gasteiger charge is 2.19. The van der Waals surface area contributed by atoms with E-state index in [-0.39, 0.29) is 18.2 Å². The third kappa shape index (κ3) is 27.4. The third-order valence-corrected chi connectivity index (χ3v) is 7.43. The van der Waals surface area contributed by atoms with Crippen LogP contribution in [0.5, 0.6) is 0 Å². The molecule has 0 radical (unpaired) electrons. The third-order valence-electron chi connectivity index (χ3n) is 7.43. The number of carbonyl (C=O) groups is 4. The number of nitrogens with one attached hydrogen (secondary N) is 2. The highest BCUT2D eigenvalue weighted by molar-refractivity contribution is 5.83. The maximum absolute atomic E-state index is 12.1. The number of unbranched alkanes of at least 4 members (excludes halogenated alkanes) is 18. The molecule has 0 aromatic heterocycles. The minimum atomic E-state index is -1.03. The molecular formula is C32H60N2O6. The van der Waals surface area contributed by atoms with Crippen molar-refractivity contribution >= 4 is 23.8 Å². The quantitative estimate of drug-likeness (QED) is 0.0662. The Labute approximate surface area is 243 Å². The fourth-order valence-electron chi connectivity index (χ4n) is 4.89. The van der Waals surface area contributed by atoms with E-state index in [0.29, 0.717) is 51.5 Å². The average Bonchev–Trinajstić information content (AvgIpc) is 2.91. The summed E-state index contributed by atoms with van der Waals surface area (Å²) >= 11 is 0. The van der Waals surface area contributed by atoms with Crippen LogP contribution in [-0.4, -0.2) is 46.6 Å². The van der Waals surface area contributed by atoms with Gasteiger partial charge in [-0.25, -0.2) is 4.79 Å². The summed E-state index contributed by atoms with van der Waals surface area (Å²) in [6, 6.07) is -0.898. The maximum atomic E-state index is 12.1. The molecule has 0 saturated carbocycles. The van der Waals surface area contributed by atoms with Crippen molar-refractivity contribution < 1.29 is 29.4 Å². The van der Waals surface area contributed by atoms with Crippen LogP contribution >= 0.6 is 0 Å². The molecule has 0 aliphatic carbocycles. The minimum Gasteiger partial charge on any atom is -0.481 e. The van der Waals surface area contributed by atoms with Crippen molar-refractivity contribution in [3.8, 4) is 0 Å². The van der Waals surface area contributed by atoms with Crippen LogP contribution in [0.4, 0.5) is 0 Å². The second-order valence-corrected chi connectivity index (χ2v) is 11.3. The zero-order valence-electron chi connectivity index (χ0n) is 25.5. The van der Waals surface area contributed by atoms with Crippen LogP contribution in [0.3, 0.4) is 0 Å². The molecule has 8 nitrogen and oxygen atoms in total. The summed E-state index contributed by atoms with van der Waals surface area (Å²) in [5.74, 6) is -1.98. The first-order chi connectivity index (χ1) is 19.4. The molecule has 40 heavy (non-hydrogen) atoms. The average molecular weight is 569 g/mol. The van der Waals surface area contributed by atoms with E-state index in [1.807, 2.05) is 0 Å². The highest BCUT2D eigenvalue weighted by atomic mass is 16.4. The SMILES string of the molecule is CCCCCCCCCCCCCCCC(=O)NCCCCC(NC(=O)CCCCCCCCC(=O)O)C(=O)O. The Morgan fingerprint density at radius 3 is 1.40 bits per heavy atom. The second-order valence-electron chi connectivity index (χ2n) is 11.3. The Bertz CT molecular complexity index is 655. The van der Waals surface area contributed by atoms with Gasteiger partial charge < -0.3 is 20.8 Å². The van der Waals surface area contributed by atoms with Gasteiger partial charge in [0.1, 0.15) is 6.04 Å². The molecular weight excluding hydrogens is 508 g/mol. The summed E-state index contributed by atoms with van der Waals surface area (Å²) in [5, 5.41) is 23.6. The summed E-state index contributed by atoms with van der Waals surface area (Å²) < 4.78 is 0. The van der Waals surface area contributed by atoms with E-state index in [4.69, 9.17) is 5.11 Å². The first kappa shape index (κ1) is 37.9. The molecule has 8 heteroatoms. The van der Waals surface area contributed by atoms with Gasteiger partial charge in [0.05, 0.1) is 0 Å². The second kappa shape index (κ2) is 28.4. The summed E-state index contributed by atoms with van der Waals surface area (Å²) in [6.07, 6.45) is 24.4. The highest BCUT2D eigenvalue weighted by Crippen LogP contribution is 2.13. The van der Waals surface area contributed by atoms with Gasteiger partial charge in [-0.1, -0.05) is 110 Å². The van der Waals surface area contributed by atoms with Crippen molar-refractivity contribution in [2.75, 3.05) is 6.54 Å². The van der Waals surface area contributed by atoms with E-state index < -0.39 is 18.0 Å². The number of rotatable bonds is 30. The van der Waals surface area contributed by atoms with Gasteiger partial charge in [-0.05, 0) is 38.5 Å². The number of carboxylic acid groups (broad SMARTS) is 2. The molecule has 1 unspecified atom stereocenters. The predicted molar refractivity (Wildman–Crippen MR) is 161 cm³/mol. The Hall–Kier alpha value is -2.12. The molecule has 2 amide bonds. The van der Waals surface area contributed by atoms with Gasteiger partial charge in [0.2, 0.25) is 11.8 Å². The first-order valence-electron chi connectivity index (χ1n) is 16.4. The largest absolute Gasteiger partial charge is 0.481 e. The van der Waals surface area contributed by atoms with Crippen LogP contribution in [0.2, 0.25) is 0 Å². The Morgan fingerprint density at radius 2 is 0.950 bits per heavy atom. The lowest BCUT2D eigenvalue weighted by Gasteiger charge is -2.14. The molecule has 0 rings (SSSR count). The molecule has 0 bridgehead atoms. The van der Waals surface area contributed by atoms with Crippen molar-refractivity contribution in [2.24, 2.45) is 0 Å². The molecule has 0 spiro atoms. The fraction of sp³-hybridized carbons (Fsp3) is 0.875. The summed E-state index contributed by atoms with van der Waals surface area (Å²) in [7, 11) is 0. The molecule has 0 aliphatic heterocycles. The van der Waals surface area contributed by atoms with Gasteiger partial charge in [0.15, 0.2) is 0 Å². The number of carbonyl (C=O) groups excluding carboxylic acids is 2. The lowest BCUT2D eigenvalue weighted by atomic mass is 10.0. The van der Waals surface area contributed by atoms with E-state index in [2.05, 4.69) is 17.6 Å². The number of amides is 2. The maximum Gasteiger partial charge on any atom is 0.326 e. The molecule has 0 aliphatic rings. The zero-order chi connectivity index (χ0) is 29.7. The predicted octanol–water partition coefficient (Wildman–Crippen LogP) is 7.53. The molecule has 0 aromatic rings.